The van der Waals surface area contributed by atoms with E-state index < -0.39 is 16.9 Å². The number of hydrogen-bond acceptors (Lipinski definition) is 5. The van der Waals surface area contributed by atoms with Crippen LogP contribution in [0.4, 0.5) is 5.69 Å². The molecule has 1 aliphatic heterocycles. The standard InChI is InChI=1S/C12H11BrN2O5/c13-7-4-10-11(20-2-1-19-10)5-8(7)14-12(16)6-3-9(6)15(17)18/h4-6,9H,1-3H2,(H,14,16). The Labute approximate surface area is 122 Å². The number of carbonyl (C=O) groups excluding carboxylic acids is 1. The van der Waals surface area contributed by atoms with Crippen LogP contribution in [0.1, 0.15) is 6.42 Å². The van der Waals surface area contributed by atoms with Crippen LogP contribution in [0, 0.1) is 16.0 Å². The number of hydrogen-bond donors (Lipinski definition) is 1. The summed E-state index contributed by atoms with van der Waals surface area (Å²) in [7, 11) is 0. The van der Waals surface area contributed by atoms with Gasteiger partial charge >= 0.3 is 0 Å². The third-order valence-electron chi connectivity index (χ3n) is 3.25. The third kappa shape index (κ3) is 2.43. The first-order valence-electron chi connectivity index (χ1n) is 6.10. The fourth-order valence-electron chi connectivity index (χ4n) is 2.08. The van der Waals surface area contributed by atoms with Crippen molar-refractivity contribution in [3.05, 3.63) is 26.7 Å². The molecule has 2 aliphatic rings. The quantitative estimate of drug-likeness (QED) is 0.668. The predicted molar refractivity (Wildman–Crippen MR) is 72.7 cm³/mol. The number of ether oxygens (including phenoxy) is 2. The summed E-state index contributed by atoms with van der Waals surface area (Å²) < 4.78 is 11.5. The Kier molecular flexibility index (Phi) is 3.25. The second-order valence-corrected chi connectivity index (χ2v) is 5.51. The highest BCUT2D eigenvalue weighted by Gasteiger charge is 2.53. The molecule has 1 N–H and O–H groups in total. The molecule has 0 bridgehead atoms. The van der Waals surface area contributed by atoms with Crippen molar-refractivity contribution in [3.8, 4) is 11.5 Å². The number of nitrogens with one attached hydrogen (secondary N) is 1. The minimum absolute atomic E-state index is 0.293. The van der Waals surface area contributed by atoms with Gasteiger partial charge in [0.2, 0.25) is 11.9 Å². The lowest BCUT2D eigenvalue weighted by molar-refractivity contribution is -0.497. The predicted octanol–water partition coefficient (Wildman–Crippen LogP) is 1.82. The van der Waals surface area contributed by atoms with Crippen LogP contribution < -0.4 is 14.8 Å². The first-order chi connectivity index (χ1) is 9.56. The van der Waals surface area contributed by atoms with Crippen molar-refractivity contribution >= 4 is 27.5 Å². The van der Waals surface area contributed by atoms with Crippen molar-refractivity contribution in [2.75, 3.05) is 18.5 Å². The highest BCUT2D eigenvalue weighted by molar-refractivity contribution is 9.10. The van der Waals surface area contributed by atoms with Crippen LogP contribution in [0.5, 0.6) is 11.5 Å². The van der Waals surface area contributed by atoms with E-state index in [1.54, 1.807) is 12.1 Å². The van der Waals surface area contributed by atoms with E-state index in [0.29, 0.717) is 41.3 Å². The second kappa shape index (κ2) is 4.93. The summed E-state index contributed by atoms with van der Waals surface area (Å²) in [6, 6.07) is 2.60. The molecule has 1 amide bonds. The van der Waals surface area contributed by atoms with Crippen molar-refractivity contribution in [1.29, 1.82) is 0 Å². The number of benzene rings is 1. The fourth-order valence-corrected chi connectivity index (χ4v) is 2.50. The molecule has 1 aliphatic carbocycles. The number of nitro groups is 1. The number of amides is 1. The van der Waals surface area contributed by atoms with Crippen LogP contribution in [0.3, 0.4) is 0 Å². The van der Waals surface area contributed by atoms with Crippen LogP contribution in [-0.2, 0) is 4.79 Å². The highest BCUT2D eigenvalue weighted by atomic mass is 79.9. The minimum atomic E-state index is -0.758. The van der Waals surface area contributed by atoms with Gasteiger partial charge in [-0.15, -0.1) is 0 Å². The molecule has 2 unspecified atom stereocenters. The number of fused-ring (bicyclic) bond motifs is 1. The van der Waals surface area contributed by atoms with E-state index in [0.717, 1.165) is 0 Å². The summed E-state index contributed by atoms with van der Waals surface area (Å²) in [5.74, 6) is 0.265. The zero-order valence-electron chi connectivity index (χ0n) is 10.3. The molecule has 8 heteroatoms. The number of rotatable bonds is 3. The zero-order valence-corrected chi connectivity index (χ0v) is 11.9. The lowest BCUT2D eigenvalue weighted by atomic mass is 10.2. The molecule has 0 spiro atoms. The van der Waals surface area contributed by atoms with Gasteiger partial charge in [-0.25, -0.2) is 0 Å². The molecule has 7 nitrogen and oxygen atoms in total. The van der Waals surface area contributed by atoms with E-state index in [1.807, 2.05) is 0 Å². The zero-order chi connectivity index (χ0) is 14.3. The molecule has 2 atom stereocenters. The molecule has 1 fully saturated rings. The first kappa shape index (κ1) is 13.2. The van der Waals surface area contributed by atoms with E-state index >= 15 is 0 Å². The van der Waals surface area contributed by atoms with Crippen molar-refractivity contribution in [2.24, 2.45) is 5.92 Å². The number of halogens is 1. The van der Waals surface area contributed by atoms with Crippen LogP contribution in [0.2, 0.25) is 0 Å². The van der Waals surface area contributed by atoms with E-state index in [1.165, 1.54) is 0 Å². The van der Waals surface area contributed by atoms with Crippen LogP contribution >= 0.6 is 15.9 Å². The third-order valence-corrected chi connectivity index (χ3v) is 3.91. The Bertz CT molecular complexity index is 591. The molecule has 0 aromatic heterocycles. The van der Waals surface area contributed by atoms with Gasteiger partial charge in [0.05, 0.1) is 5.69 Å². The number of carbonyl (C=O) groups is 1. The van der Waals surface area contributed by atoms with Crippen molar-refractivity contribution in [1.82, 2.24) is 0 Å². The Balaban J connectivity index is 1.74. The maximum Gasteiger partial charge on any atom is 0.234 e. The Morgan fingerprint density at radius 2 is 2.00 bits per heavy atom. The van der Waals surface area contributed by atoms with Gasteiger partial charge in [0.25, 0.3) is 0 Å². The molecule has 0 radical (unpaired) electrons. The van der Waals surface area contributed by atoms with Crippen molar-refractivity contribution in [2.45, 2.75) is 12.5 Å². The van der Waals surface area contributed by atoms with Gasteiger partial charge in [-0.2, -0.15) is 0 Å². The molecule has 1 saturated carbocycles. The van der Waals surface area contributed by atoms with Crippen molar-refractivity contribution in [3.63, 3.8) is 0 Å². The van der Waals surface area contributed by atoms with Gasteiger partial charge < -0.3 is 14.8 Å². The SMILES string of the molecule is O=C(Nc1cc2c(cc1Br)OCCO2)C1CC1[N+](=O)[O-]. The van der Waals surface area contributed by atoms with Crippen LogP contribution in [0.15, 0.2) is 16.6 Å². The molecular formula is C12H11BrN2O5. The number of nitrogens with zero attached hydrogens (tertiary/aromatic N) is 1. The lowest BCUT2D eigenvalue weighted by Crippen LogP contribution is -2.19. The Morgan fingerprint density at radius 3 is 2.60 bits per heavy atom. The molecule has 0 saturated heterocycles. The smallest absolute Gasteiger partial charge is 0.234 e. The molecule has 1 heterocycles. The normalized spacial score (nSPS) is 23.1. The summed E-state index contributed by atoms with van der Waals surface area (Å²) in [6.45, 7) is 0.936. The van der Waals surface area contributed by atoms with E-state index in [-0.39, 0.29) is 5.91 Å². The average Bonchev–Trinajstić information content (AvgIpc) is 3.20. The van der Waals surface area contributed by atoms with Crippen LogP contribution in [-0.4, -0.2) is 30.1 Å². The molecule has 3 rings (SSSR count). The van der Waals surface area contributed by atoms with Gasteiger partial charge in [0.15, 0.2) is 11.5 Å². The molecule has 106 valence electrons. The van der Waals surface area contributed by atoms with Gasteiger partial charge in [-0.3, -0.25) is 14.9 Å². The largest absolute Gasteiger partial charge is 0.486 e. The second-order valence-electron chi connectivity index (χ2n) is 4.66. The molecule has 1 aromatic carbocycles. The van der Waals surface area contributed by atoms with Crippen LogP contribution in [0.25, 0.3) is 0 Å². The Morgan fingerprint density at radius 1 is 1.35 bits per heavy atom. The first-order valence-corrected chi connectivity index (χ1v) is 6.89. The molecule has 1 aromatic rings. The minimum Gasteiger partial charge on any atom is -0.486 e. The van der Waals surface area contributed by atoms with E-state index in [2.05, 4.69) is 21.2 Å². The highest BCUT2D eigenvalue weighted by Crippen LogP contribution is 2.40. The topological polar surface area (TPSA) is 90.7 Å². The maximum absolute atomic E-state index is 11.9. The maximum atomic E-state index is 11.9. The summed E-state index contributed by atoms with van der Waals surface area (Å²) in [4.78, 5) is 22.1. The summed E-state index contributed by atoms with van der Waals surface area (Å²) in [6.07, 6.45) is 0.293. The Hall–Kier alpha value is -1.83. The molecule has 20 heavy (non-hydrogen) atoms. The summed E-state index contributed by atoms with van der Waals surface area (Å²) in [5, 5.41) is 13.2. The van der Waals surface area contributed by atoms with Gasteiger partial charge in [0.1, 0.15) is 19.1 Å². The van der Waals surface area contributed by atoms with Crippen molar-refractivity contribution < 1.29 is 19.2 Å². The van der Waals surface area contributed by atoms with E-state index in [4.69, 9.17) is 9.47 Å². The number of anilines is 1. The van der Waals surface area contributed by atoms with Gasteiger partial charge in [0, 0.05) is 27.9 Å². The summed E-state index contributed by atoms with van der Waals surface area (Å²) in [5.41, 5.74) is 0.522. The molecular weight excluding hydrogens is 332 g/mol. The fraction of sp³-hybridized carbons (Fsp3) is 0.417. The van der Waals surface area contributed by atoms with Gasteiger partial charge in [-0.05, 0) is 15.9 Å². The monoisotopic (exact) mass is 342 g/mol. The summed E-state index contributed by atoms with van der Waals surface area (Å²) >= 11 is 3.33. The average molecular weight is 343 g/mol. The van der Waals surface area contributed by atoms with Gasteiger partial charge in [-0.1, -0.05) is 0 Å². The lowest BCUT2D eigenvalue weighted by Gasteiger charge is -2.20. The van der Waals surface area contributed by atoms with E-state index in [9.17, 15) is 14.9 Å².